The molecule has 1 aromatic carbocycles. The average Bonchev–Trinajstić information content (AvgIpc) is 2.58. The summed E-state index contributed by atoms with van der Waals surface area (Å²) in [5.41, 5.74) is 2.19. The second kappa shape index (κ2) is 7.09. The molecule has 140 valence electrons. The number of amides is 1. The van der Waals surface area contributed by atoms with Gasteiger partial charge in [0.05, 0.1) is 25.5 Å². The summed E-state index contributed by atoms with van der Waals surface area (Å²) < 4.78 is 10.9. The highest BCUT2D eigenvalue weighted by molar-refractivity contribution is 6.01. The van der Waals surface area contributed by atoms with Crippen LogP contribution in [-0.4, -0.2) is 48.4 Å². The summed E-state index contributed by atoms with van der Waals surface area (Å²) in [6, 6.07) is 3.93. The summed E-state index contributed by atoms with van der Waals surface area (Å²) in [5.74, 6) is 0.355. The lowest BCUT2D eigenvalue weighted by Crippen LogP contribution is -2.52. The zero-order valence-corrected chi connectivity index (χ0v) is 15.6. The summed E-state index contributed by atoms with van der Waals surface area (Å²) >= 11 is 0. The Bertz CT molecular complexity index is 747. The number of hydrogen-bond donors (Lipinski definition) is 0. The molecule has 1 saturated heterocycles. The summed E-state index contributed by atoms with van der Waals surface area (Å²) in [5, 5.41) is 0. The zero-order chi connectivity index (χ0) is 18.9. The molecule has 1 amide bonds. The third-order valence-corrected chi connectivity index (χ3v) is 5.33. The number of methoxy groups -OCH3 is 1. The van der Waals surface area contributed by atoms with Crippen LogP contribution in [0.25, 0.3) is 0 Å². The van der Waals surface area contributed by atoms with E-state index in [1.807, 2.05) is 26.0 Å². The number of likely N-dealkylation sites (tertiary alicyclic amines) is 1. The molecule has 0 unspecified atom stereocenters. The Morgan fingerprint density at radius 1 is 1.19 bits per heavy atom. The number of hydrogen-bond acceptors (Lipinski definition) is 5. The van der Waals surface area contributed by atoms with Gasteiger partial charge in [0.1, 0.15) is 11.4 Å². The molecule has 2 aliphatic rings. The van der Waals surface area contributed by atoms with E-state index >= 15 is 0 Å². The first-order chi connectivity index (χ1) is 12.3. The lowest BCUT2D eigenvalue weighted by Gasteiger charge is -2.44. The molecular weight excluding hydrogens is 334 g/mol. The maximum Gasteiger partial charge on any atom is 0.306 e. The van der Waals surface area contributed by atoms with Crippen molar-refractivity contribution in [3.8, 4) is 5.75 Å². The fourth-order valence-electron chi connectivity index (χ4n) is 3.93. The maximum absolute atomic E-state index is 12.7. The topological polar surface area (TPSA) is 72.9 Å². The minimum absolute atomic E-state index is 0.0560. The van der Waals surface area contributed by atoms with Crippen molar-refractivity contribution in [3.05, 3.63) is 28.8 Å². The number of esters is 1. The standard InChI is InChI=1S/C20H25NO5/c1-13-10-14(2)19-15(22)12-20(26-16(19)11-13)6-8-21(9-7-20)17(23)4-5-18(24)25-3/h10-11H,4-9,12H2,1-3H3. The Morgan fingerprint density at radius 3 is 2.54 bits per heavy atom. The van der Waals surface area contributed by atoms with Gasteiger partial charge in [-0.1, -0.05) is 6.07 Å². The predicted molar refractivity (Wildman–Crippen MR) is 95.3 cm³/mol. The molecular formula is C20H25NO5. The maximum atomic E-state index is 12.7. The molecule has 0 bridgehead atoms. The van der Waals surface area contributed by atoms with Crippen LogP contribution in [0, 0.1) is 13.8 Å². The van der Waals surface area contributed by atoms with E-state index in [1.165, 1.54) is 7.11 Å². The Hall–Kier alpha value is -2.37. The third-order valence-electron chi connectivity index (χ3n) is 5.33. The van der Waals surface area contributed by atoms with E-state index in [0.29, 0.717) is 43.7 Å². The van der Waals surface area contributed by atoms with Crippen LogP contribution in [0.15, 0.2) is 12.1 Å². The van der Waals surface area contributed by atoms with Crippen molar-refractivity contribution < 1.29 is 23.9 Å². The number of carbonyl (C=O) groups excluding carboxylic acids is 3. The molecule has 0 aromatic heterocycles. The van der Waals surface area contributed by atoms with Crippen molar-refractivity contribution in [2.75, 3.05) is 20.2 Å². The molecule has 0 saturated carbocycles. The highest BCUT2D eigenvalue weighted by Gasteiger charge is 2.44. The Labute approximate surface area is 153 Å². The predicted octanol–water partition coefficient (Wildman–Crippen LogP) is 2.58. The zero-order valence-electron chi connectivity index (χ0n) is 15.6. The first-order valence-corrected chi connectivity index (χ1v) is 9.02. The largest absolute Gasteiger partial charge is 0.486 e. The van der Waals surface area contributed by atoms with Crippen LogP contribution in [0.1, 0.15) is 53.6 Å². The van der Waals surface area contributed by atoms with Gasteiger partial charge in [-0.2, -0.15) is 0 Å². The van der Waals surface area contributed by atoms with Crippen molar-refractivity contribution in [2.24, 2.45) is 0 Å². The number of piperidine rings is 1. The van der Waals surface area contributed by atoms with Gasteiger partial charge in [-0.05, 0) is 31.0 Å². The van der Waals surface area contributed by atoms with Crippen molar-refractivity contribution in [1.82, 2.24) is 4.90 Å². The lowest BCUT2D eigenvalue weighted by atomic mass is 9.81. The molecule has 3 rings (SSSR count). The van der Waals surface area contributed by atoms with Crippen LogP contribution < -0.4 is 4.74 Å². The molecule has 0 radical (unpaired) electrons. The van der Waals surface area contributed by atoms with Crippen molar-refractivity contribution in [1.29, 1.82) is 0 Å². The number of Topliss-reactive ketones (excluding diaryl/α,β-unsaturated/α-hetero) is 1. The summed E-state index contributed by atoms with van der Waals surface area (Å²) in [6.45, 7) is 5.00. The van der Waals surface area contributed by atoms with Crippen LogP contribution in [0.5, 0.6) is 5.75 Å². The SMILES string of the molecule is COC(=O)CCC(=O)N1CCC2(CC1)CC(=O)c1c(C)cc(C)cc1O2. The fourth-order valence-corrected chi connectivity index (χ4v) is 3.93. The van der Waals surface area contributed by atoms with E-state index in [4.69, 9.17) is 4.74 Å². The summed E-state index contributed by atoms with van der Waals surface area (Å²) in [7, 11) is 1.32. The van der Waals surface area contributed by atoms with E-state index in [2.05, 4.69) is 4.74 Å². The number of rotatable bonds is 3. The molecule has 1 spiro atoms. The molecule has 2 aliphatic heterocycles. The van der Waals surface area contributed by atoms with Gasteiger partial charge >= 0.3 is 5.97 Å². The Kier molecular flexibility index (Phi) is 5.03. The number of carbonyl (C=O) groups is 3. The van der Waals surface area contributed by atoms with E-state index in [1.54, 1.807) is 4.90 Å². The lowest BCUT2D eigenvalue weighted by molar-refractivity contribution is -0.144. The van der Waals surface area contributed by atoms with Crippen LogP contribution in [-0.2, 0) is 14.3 Å². The van der Waals surface area contributed by atoms with Crippen molar-refractivity contribution in [3.63, 3.8) is 0 Å². The van der Waals surface area contributed by atoms with E-state index in [-0.39, 0.29) is 30.5 Å². The van der Waals surface area contributed by atoms with Gasteiger partial charge in [-0.3, -0.25) is 14.4 Å². The van der Waals surface area contributed by atoms with Crippen LogP contribution in [0.4, 0.5) is 0 Å². The quantitative estimate of drug-likeness (QED) is 0.776. The number of fused-ring (bicyclic) bond motifs is 1. The second-order valence-corrected chi connectivity index (χ2v) is 7.30. The highest BCUT2D eigenvalue weighted by Crippen LogP contribution is 2.41. The third kappa shape index (κ3) is 3.59. The fraction of sp³-hybridized carbons (Fsp3) is 0.550. The molecule has 0 aliphatic carbocycles. The smallest absolute Gasteiger partial charge is 0.306 e. The minimum atomic E-state index is -0.524. The molecule has 1 aromatic rings. The summed E-state index contributed by atoms with van der Waals surface area (Å²) in [4.78, 5) is 37.9. The number of nitrogens with zero attached hydrogens (tertiary/aromatic N) is 1. The second-order valence-electron chi connectivity index (χ2n) is 7.30. The molecule has 26 heavy (non-hydrogen) atoms. The minimum Gasteiger partial charge on any atom is -0.486 e. The number of ketones is 1. The van der Waals surface area contributed by atoms with E-state index in [0.717, 1.165) is 11.1 Å². The molecule has 6 nitrogen and oxygen atoms in total. The highest BCUT2D eigenvalue weighted by atomic mass is 16.5. The van der Waals surface area contributed by atoms with Gasteiger partial charge in [-0.15, -0.1) is 0 Å². The molecule has 6 heteroatoms. The Balaban J connectivity index is 1.66. The normalized spacial score (nSPS) is 18.3. The van der Waals surface area contributed by atoms with Gasteiger partial charge < -0.3 is 14.4 Å². The van der Waals surface area contributed by atoms with Gasteiger partial charge in [0.2, 0.25) is 5.91 Å². The van der Waals surface area contributed by atoms with Gasteiger partial charge in [-0.25, -0.2) is 0 Å². The Morgan fingerprint density at radius 2 is 1.88 bits per heavy atom. The first-order valence-electron chi connectivity index (χ1n) is 9.02. The molecule has 0 N–H and O–H groups in total. The van der Waals surface area contributed by atoms with Crippen LogP contribution in [0.3, 0.4) is 0 Å². The molecule has 2 heterocycles. The number of benzene rings is 1. The monoisotopic (exact) mass is 359 g/mol. The molecule has 0 atom stereocenters. The van der Waals surface area contributed by atoms with E-state index in [9.17, 15) is 14.4 Å². The molecule has 1 fully saturated rings. The average molecular weight is 359 g/mol. The summed E-state index contributed by atoms with van der Waals surface area (Å²) in [6.07, 6.45) is 1.84. The van der Waals surface area contributed by atoms with Crippen LogP contribution in [0.2, 0.25) is 0 Å². The van der Waals surface area contributed by atoms with Gasteiger partial charge in [0.25, 0.3) is 0 Å². The van der Waals surface area contributed by atoms with E-state index < -0.39 is 5.60 Å². The van der Waals surface area contributed by atoms with Crippen LogP contribution >= 0.6 is 0 Å². The number of ether oxygens (including phenoxy) is 2. The van der Waals surface area contributed by atoms with Gasteiger partial charge in [0.15, 0.2) is 5.78 Å². The first kappa shape index (κ1) is 18.4. The number of aryl methyl sites for hydroxylation is 2. The van der Waals surface area contributed by atoms with Crippen molar-refractivity contribution in [2.45, 2.75) is 51.6 Å². The van der Waals surface area contributed by atoms with Crippen molar-refractivity contribution >= 4 is 17.7 Å². The van der Waals surface area contributed by atoms with Gasteiger partial charge in [0, 0.05) is 32.4 Å².